The van der Waals surface area contributed by atoms with E-state index in [2.05, 4.69) is 15.6 Å². The van der Waals surface area contributed by atoms with Crippen LogP contribution in [0.4, 0.5) is 0 Å². The number of halogens is 1. The highest BCUT2D eigenvalue weighted by molar-refractivity contribution is 6.31. The molecule has 3 rings (SSSR count). The molecule has 1 saturated carbocycles. The van der Waals surface area contributed by atoms with E-state index in [9.17, 15) is 9.59 Å². The van der Waals surface area contributed by atoms with Gasteiger partial charge in [0, 0.05) is 30.5 Å². The fraction of sp³-hybridized carbons (Fsp3) is 0.278. The third-order valence-corrected chi connectivity index (χ3v) is 4.56. The van der Waals surface area contributed by atoms with E-state index in [1.165, 1.54) is 0 Å². The molecule has 0 bridgehead atoms. The van der Waals surface area contributed by atoms with Crippen LogP contribution in [0.3, 0.4) is 0 Å². The summed E-state index contributed by atoms with van der Waals surface area (Å²) in [4.78, 5) is 28.8. The van der Waals surface area contributed by atoms with E-state index in [0.29, 0.717) is 31.0 Å². The Kier molecular flexibility index (Phi) is 4.81. The van der Waals surface area contributed by atoms with E-state index >= 15 is 0 Å². The van der Waals surface area contributed by atoms with Gasteiger partial charge >= 0.3 is 0 Å². The van der Waals surface area contributed by atoms with Gasteiger partial charge in [-0.25, -0.2) is 0 Å². The van der Waals surface area contributed by atoms with Crippen molar-refractivity contribution in [2.75, 3.05) is 0 Å². The minimum absolute atomic E-state index is 0.233. The Balaban J connectivity index is 1.56. The average molecular weight is 344 g/mol. The number of hydrogen-bond donors (Lipinski definition) is 2. The van der Waals surface area contributed by atoms with Gasteiger partial charge in [-0.05, 0) is 36.1 Å². The van der Waals surface area contributed by atoms with Crippen LogP contribution in [0.5, 0.6) is 0 Å². The SMILES string of the molecule is O=C(NCc1cccnc1)C1(C(=O)NCc2ccccc2Cl)CC1. The molecule has 1 aromatic carbocycles. The predicted molar refractivity (Wildman–Crippen MR) is 91.0 cm³/mol. The fourth-order valence-corrected chi connectivity index (χ4v) is 2.73. The van der Waals surface area contributed by atoms with E-state index in [4.69, 9.17) is 11.6 Å². The summed E-state index contributed by atoms with van der Waals surface area (Å²) >= 11 is 6.08. The standard InChI is InChI=1S/C18H18ClN3O2/c19-15-6-2-1-5-14(15)12-22-17(24)18(7-8-18)16(23)21-11-13-4-3-9-20-10-13/h1-6,9-10H,7-8,11-12H2,(H,21,23)(H,22,24). The first-order valence-electron chi connectivity index (χ1n) is 7.81. The van der Waals surface area contributed by atoms with Gasteiger partial charge < -0.3 is 10.6 Å². The van der Waals surface area contributed by atoms with Crippen LogP contribution >= 0.6 is 11.6 Å². The molecule has 0 spiro atoms. The number of hydrogen-bond acceptors (Lipinski definition) is 3. The van der Waals surface area contributed by atoms with E-state index in [1.54, 1.807) is 18.5 Å². The third kappa shape index (κ3) is 3.57. The summed E-state index contributed by atoms with van der Waals surface area (Å²) in [6, 6.07) is 11.0. The lowest BCUT2D eigenvalue weighted by Crippen LogP contribution is -2.42. The van der Waals surface area contributed by atoms with Gasteiger partial charge in [0.25, 0.3) is 0 Å². The summed E-state index contributed by atoms with van der Waals surface area (Å²) in [7, 11) is 0. The molecule has 5 nitrogen and oxygen atoms in total. The zero-order valence-electron chi connectivity index (χ0n) is 13.1. The van der Waals surface area contributed by atoms with Crippen LogP contribution in [0.25, 0.3) is 0 Å². The smallest absolute Gasteiger partial charge is 0.235 e. The summed E-state index contributed by atoms with van der Waals surface area (Å²) in [6.07, 6.45) is 4.51. The number of carbonyl (C=O) groups excluding carboxylic acids is 2. The van der Waals surface area contributed by atoms with Crippen LogP contribution in [0.2, 0.25) is 5.02 Å². The molecule has 2 N–H and O–H groups in total. The molecule has 1 aliphatic rings. The minimum Gasteiger partial charge on any atom is -0.351 e. The first-order valence-corrected chi connectivity index (χ1v) is 8.18. The average Bonchev–Trinajstić information content (AvgIpc) is 3.41. The highest BCUT2D eigenvalue weighted by Crippen LogP contribution is 2.46. The van der Waals surface area contributed by atoms with E-state index in [1.807, 2.05) is 30.3 Å². The van der Waals surface area contributed by atoms with E-state index in [-0.39, 0.29) is 11.8 Å². The van der Waals surface area contributed by atoms with Crippen LogP contribution in [0, 0.1) is 5.41 Å². The Hall–Kier alpha value is -2.40. The first-order chi connectivity index (χ1) is 11.6. The molecule has 2 aromatic rings. The Bertz CT molecular complexity index is 745. The molecule has 2 amide bonds. The predicted octanol–water partition coefficient (Wildman–Crippen LogP) is 2.45. The van der Waals surface area contributed by atoms with Gasteiger partial charge in [0.15, 0.2) is 0 Å². The summed E-state index contributed by atoms with van der Waals surface area (Å²) in [5, 5.41) is 6.25. The monoisotopic (exact) mass is 343 g/mol. The second-order valence-corrected chi connectivity index (χ2v) is 6.31. The highest BCUT2D eigenvalue weighted by atomic mass is 35.5. The van der Waals surface area contributed by atoms with Gasteiger partial charge in [-0.3, -0.25) is 14.6 Å². The zero-order chi connectivity index (χ0) is 17.0. The first kappa shape index (κ1) is 16.5. The summed E-state index contributed by atoms with van der Waals surface area (Å²) in [5.74, 6) is -0.478. The van der Waals surface area contributed by atoms with Crippen LogP contribution in [0.1, 0.15) is 24.0 Å². The number of nitrogens with zero attached hydrogens (tertiary/aromatic N) is 1. The number of pyridine rings is 1. The van der Waals surface area contributed by atoms with Crippen molar-refractivity contribution < 1.29 is 9.59 Å². The number of carbonyl (C=O) groups is 2. The molecule has 0 unspecified atom stereocenters. The van der Waals surface area contributed by atoms with Crippen molar-refractivity contribution in [1.29, 1.82) is 0 Å². The molecule has 24 heavy (non-hydrogen) atoms. The van der Waals surface area contributed by atoms with Crippen molar-refractivity contribution in [3.8, 4) is 0 Å². The maximum Gasteiger partial charge on any atom is 0.235 e. The molecular weight excluding hydrogens is 326 g/mol. The molecule has 1 heterocycles. The Morgan fingerprint density at radius 3 is 2.38 bits per heavy atom. The Morgan fingerprint density at radius 2 is 1.75 bits per heavy atom. The van der Waals surface area contributed by atoms with Gasteiger partial charge in [0.2, 0.25) is 11.8 Å². The van der Waals surface area contributed by atoms with Crippen LogP contribution in [-0.4, -0.2) is 16.8 Å². The second-order valence-electron chi connectivity index (χ2n) is 5.90. The van der Waals surface area contributed by atoms with Gasteiger partial charge in [0.05, 0.1) is 0 Å². The molecule has 6 heteroatoms. The number of aromatic nitrogens is 1. The number of rotatable bonds is 6. The quantitative estimate of drug-likeness (QED) is 0.791. The van der Waals surface area contributed by atoms with Crippen molar-refractivity contribution in [2.45, 2.75) is 25.9 Å². The number of amides is 2. The van der Waals surface area contributed by atoms with Crippen molar-refractivity contribution >= 4 is 23.4 Å². The molecule has 124 valence electrons. The van der Waals surface area contributed by atoms with Crippen LogP contribution in [0.15, 0.2) is 48.8 Å². The summed E-state index contributed by atoms with van der Waals surface area (Å²) in [6.45, 7) is 0.683. The lowest BCUT2D eigenvalue weighted by atomic mass is 10.0. The van der Waals surface area contributed by atoms with Gasteiger partial charge in [-0.2, -0.15) is 0 Å². The van der Waals surface area contributed by atoms with Gasteiger partial charge in [-0.1, -0.05) is 35.9 Å². The summed E-state index contributed by atoms with van der Waals surface area (Å²) in [5.41, 5.74) is 0.793. The normalized spacial score (nSPS) is 14.7. The van der Waals surface area contributed by atoms with Crippen molar-refractivity contribution in [3.05, 3.63) is 64.9 Å². The van der Waals surface area contributed by atoms with Crippen molar-refractivity contribution in [3.63, 3.8) is 0 Å². The lowest BCUT2D eigenvalue weighted by Gasteiger charge is -2.16. The fourth-order valence-electron chi connectivity index (χ4n) is 2.52. The lowest BCUT2D eigenvalue weighted by molar-refractivity contribution is -0.137. The topological polar surface area (TPSA) is 71.1 Å². The molecule has 0 atom stereocenters. The van der Waals surface area contributed by atoms with Crippen molar-refractivity contribution in [1.82, 2.24) is 15.6 Å². The largest absolute Gasteiger partial charge is 0.351 e. The summed E-state index contributed by atoms with van der Waals surface area (Å²) < 4.78 is 0. The third-order valence-electron chi connectivity index (χ3n) is 4.19. The Labute approximate surface area is 145 Å². The number of benzene rings is 1. The van der Waals surface area contributed by atoms with Gasteiger partial charge in [0.1, 0.15) is 5.41 Å². The van der Waals surface area contributed by atoms with Crippen LogP contribution in [-0.2, 0) is 22.7 Å². The van der Waals surface area contributed by atoms with Gasteiger partial charge in [-0.15, -0.1) is 0 Å². The molecule has 1 fully saturated rings. The van der Waals surface area contributed by atoms with E-state index in [0.717, 1.165) is 11.1 Å². The molecular formula is C18H18ClN3O2. The zero-order valence-corrected chi connectivity index (χ0v) is 13.8. The highest BCUT2D eigenvalue weighted by Gasteiger charge is 2.56. The van der Waals surface area contributed by atoms with E-state index < -0.39 is 5.41 Å². The Morgan fingerprint density at radius 1 is 1.04 bits per heavy atom. The van der Waals surface area contributed by atoms with Crippen LogP contribution < -0.4 is 10.6 Å². The molecule has 1 aliphatic carbocycles. The molecule has 0 saturated heterocycles. The van der Waals surface area contributed by atoms with Crippen molar-refractivity contribution in [2.24, 2.45) is 5.41 Å². The maximum absolute atomic E-state index is 12.4. The molecule has 0 aliphatic heterocycles. The minimum atomic E-state index is -0.941. The number of nitrogens with one attached hydrogen (secondary N) is 2. The maximum atomic E-state index is 12.4. The molecule has 1 aromatic heterocycles. The second kappa shape index (κ2) is 7.01. The molecule has 0 radical (unpaired) electrons.